The lowest BCUT2D eigenvalue weighted by atomic mass is 10.1. The standard InChI is InChI=1S/C11H13NO2/c1-2-3-4-6-10-7-5-8-11(9-10)12(13)14/h3-5,7-9H,2,6H2,1H3/b4-3+. The van der Waals surface area contributed by atoms with Gasteiger partial charge in [-0.15, -0.1) is 0 Å². The molecule has 1 aromatic carbocycles. The van der Waals surface area contributed by atoms with Crippen LogP contribution in [0.1, 0.15) is 18.9 Å². The van der Waals surface area contributed by atoms with E-state index in [0.717, 1.165) is 18.4 Å². The molecular weight excluding hydrogens is 178 g/mol. The van der Waals surface area contributed by atoms with Crippen molar-refractivity contribution in [1.82, 2.24) is 0 Å². The fourth-order valence-corrected chi connectivity index (χ4v) is 1.18. The second kappa shape index (κ2) is 5.17. The minimum absolute atomic E-state index is 0.160. The van der Waals surface area contributed by atoms with Crippen molar-refractivity contribution in [2.45, 2.75) is 19.8 Å². The molecule has 14 heavy (non-hydrogen) atoms. The number of nitrogens with zero attached hydrogens (tertiary/aromatic N) is 1. The number of nitro benzene ring substituents is 1. The smallest absolute Gasteiger partial charge is 0.258 e. The topological polar surface area (TPSA) is 43.1 Å². The largest absolute Gasteiger partial charge is 0.269 e. The van der Waals surface area contributed by atoms with Gasteiger partial charge in [0.2, 0.25) is 0 Å². The van der Waals surface area contributed by atoms with Gasteiger partial charge in [-0.1, -0.05) is 31.2 Å². The average molecular weight is 191 g/mol. The highest BCUT2D eigenvalue weighted by Gasteiger charge is 2.03. The number of benzene rings is 1. The van der Waals surface area contributed by atoms with E-state index in [0.29, 0.717) is 0 Å². The lowest BCUT2D eigenvalue weighted by Crippen LogP contribution is -1.89. The van der Waals surface area contributed by atoms with E-state index < -0.39 is 0 Å². The van der Waals surface area contributed by atoms with Crippen molar-refractivity contribution in [3.63, 3.8) is 0 Å². The van der Waals surface area contributed by atoms with Crippen LogP contribution in [-0.2, 0) is 6.42 Å². The van der Waals surface area contributed by atoms with Crippen LogP contribution in [-0.4, -0.2) is 4.92 Å². The zero-order valence-corrected chi connectivity index (χ0v) is 8.14. The minimum atomic E-state index is -0.368. The van der Waals surface area contributed by atoms with Crippen LogP contribution in [0.5, 0.6) is 0 Å². The van der Waals surface area contributed by atoms with E-state index in [-0.39, 0.29) is 10.6 Å². The van der Waals surface area contributed by atoms with E-state index in [1.54, 1.807) is 12.1 Å². The molecule has 74 valence electrons. The van der Waals surface area contributed by atoms with Crippen molar-refractivity contribution in [1.29, 1.82) is 0 Å². The Morgan fingerprint density at radius 2 is 2.21 bits per heavy atom. The first-order valence-electron chi connectivity index (χ1n) is 4.62. The number of hydrogen-bond donors (Lipinski definition) is 0. The van der Waals surface area contributed by atoms with E-state index in [1.807, 2.05) is 12.1 Å². The highest BCUT2D eigenvalue weighted by molar-refractivity contribution is 5.35. The Morgan fingerprint density at radius 3 is 2.86 bits per heavy atom. The molecule has 0 aromatic heterocycles. The molecule has 0 aliphatic heterocycles. The van der Waals surface area contributed by atoms with Gasteiger partial charge in [-0.25, -0.2) is 0 Å². The first-order chi connectivity index (χ1) is 6.74. The summed E-state index contributed by atoms with van der Waals surface area (Å²) in [4.78, 5) is 10.1. The summed E-state index contributed by atoms with van der Waals surface area (Å²) in [6.45, 7) is 2.06. The van der Waals surface area contributed by atoms with Crippen LogP contribution in [0.25, 0.3) is 0 Å². The third-order valence-electron chi connectivity index (χ3n) is 1.88. The summed E-state index contributed by atoms with van der Waals surface area (Å²) in [6, 6.07) is 6.73. The van der Waals surface area contributed by atoms with Gasteiger partial charge in [-0.05, 0) is 18.4 Å². The van der Waals surface area contributed by atoms with E-state index in [1.165, 1.54) is 6.07 Å². The lowest BCUT2D eigenvalue weighted by molar-refractivity contribution is -0.384. The van der Waals surface area contributed by atoms with E-state index >= 15 is 0 Å². The number of allylic oxidation sites excluding steroid dienone is 2. The van der Waals surface area contributed by atoms with Crippen LogP contribution in [0.3, 0.4) is 0 Å². The molecule has 1 rings (SSSR count). The maximum atomic E-state index is 10.5. The Labute approximate surface area is 83.2 Å². The van der Waals surface area contributed by atoms with Gasteiger partial charge in [0, 0.05) is 12.1 Å². The van der Waals surface area contributed by atoms with Crippen molar-refractivity contribution in [3.8, 4) is 0 Å². The van der Waals surface area contributed by atoms with Crippen LogP contribution in [0.15, 0.2) is 36.4 Å². The van der Waals surface area contributed by atoms with Crippen molar-refractivity contribution >= 4 is 5.69 Å². The first kappa shape index (κ1) is 10.4. The van der Waals surface area contributed by atoms with Gasteiger partial charge in [0.25, 0.3) is 5.69 Å². The summed E-state index contributed by atoms with van der Waals surface area (Å²) in [5, 5.41) is 10.5. The van der Waals surface area contributed by atoms with Crippen LogP contribution < -0.4 is 0 Å². The van der Waals surface area contributed by atoms with Gasteiger partial charge in [0.05, 0.1) is 4.92 Å². The molecule has 0 heterocycles. The lowest BCUT2D eigenvalue weighted by Gasteiger charge is -1.96. The fraction of sp³-hybridized carbons (Fsp3) is 0.273. The maximum Gasteiger partial charge on any atom is 0.269 e. The van der Waals surface area contributed by atoms with Crippen molar-refractivity contribution in [2.75, 3.05) is 0 Å². The minimum Gasteiger partial charge on any atom is -0.258 e. The predicted octanol–water partition coefficient (Wildman–Crippen LogP) is 3.10. The molecule has 0 N–H and O–H groups in total. The highest BCUT2D eigenvalue weighted by Crippen LogP contribution is 2.13. The normalized spacial score (nSPS) is 10.6. The Morgan fingerprint density at radius 1 is 1.43 bits per heavy atom. The molecule has 0 spiro atoms. The first-order valence-corrected chi connectivity index (χ1v) is 4.62. The zero-order chi connectivity index (χ0) is 10.4. The number of nitro groups is 1. The SMILES string of the molecule is CC/C=C/Cc1cccc([N+](=O)[O-])c1. The average Bonchev–Trinajstić information content (AvgIpc) is 2.19. The second-order valence-electron chi connectivity index (χ2n) is 3.01. The molecule has 3 nitrogen and oxygen atoms in total. The molecule has 0 unspecified atom stereocenters. The van der Waals surface area contributed by atoms with Gasteiger partial charge < -0.3 is 0 Å². The summed E-state index contributed by atoms with van der Waals surface area (Å²) < 4.78 is 0. The van der Waals surface area contributed by atoms with Crippen LogP contribution in [0, 0.1) is 10.1 Å². The van der Waals surface area contributed by atoms with Gasteiger partial charge in [-0.2, -0.15) is 0 Å². The van der Waals surface area contributed by atoms with Gasteiger partial charge >= 0.3 is 0 Å². The van der Waals surface area contributed by atoms with E-state index in [4.69, 9.17) is 0 Å². The van der Waals surface area contributed by atoms with Gasteiger partial charge in [-0.3, -0.25) is 10.1 Å². The van der Waals surface area contributed by atoms with E-state index in [2.05, 4.69) is 13.0 Å². The van der Waals surface area contributed by atoms with Crippen molar-refractivity contribution in [2.24, 2.45) is 0 Å². The Balaban J connectivity index is 2.73. The molecule has 0 saturated heterocycles. The maximum absolute atomic E-state index is 10.5. The molecule has 0 atom stereocenters. The molecule has 0 saturated carbocycles. The summed E-state index contributed by atoms with van der Waals surface area (Å²) in [6.07, 6.45) is 5.84. The quantitative estimate of drug-likeness (QED) is 0.417. The van der Waals surface area contributed by atoms with Crippen molar-refractivity contribution < 1.29 is 4.92 Å². The predicted molar refractivity (Wildman–Crippen MR) is 56.2 cm³/mol. The molecular formula is C11H13NO2. The molecule has 3 heteroatoms. The fourth-order valence-electron chi connectivity index (χ4n) is 1.18. The molecule has 0 radical (unpaired) electrons. The van der Waals surface area contributed by atoms with Gasteiger partial charge in [0.1, 0.15) is 0 Å². The highest BCUT2D eigenvalue weighted by atomic mass is 16.6. The molecule has 0 aliphatic rings. The van der Waals surface area contributed by atoms with Crippen LogP contribution in [0.4, 0.5) is 5.69 Å². The Hall–Kier alpha value is -1.64. The van der Waals surface area contributed by atoms with E-state index in [9.17, 15) is 10.1 Å². The number of rotatable bonds is 4. The number of hydrogen-bond acceptors (Lipinski definition) is 2. The summed E-state index contributed by atoms with van der Waals surface area (Å²) >= 11 is 0. The Bertz CT molecular complexity index is 345. The molecule has 0 amide bonds. The molecule has 1 aromatic rings. The zero-order valence-electron chi connectivity index (χ0n) is 8.14. The molecule has 0 aliphatic carbocycles. The van der Waals surface area contributed by atoms with Crippen molar-refractivity contribution in [3.05, 3.63) is 52.1 Å². The third kappa shape index (κ3) is 3.01. The third-order valence-corrected chi connectivity index (χ3v) is 1.88. The summed E-state index contributed by atoms with van der Waals surface area (Å²) in [5.74, 6) is 0. The Kier molecular flexibility index (Phi) is 3.85. The second-order valence-corrected chi connectivity index (χ2v) is 3.01. The number of non-ortho nitro benzene ring substituents is 1. The van der Waals surface area contributed by atoms with Crippen LogP contribution in [0.2, 0.25) is 0 Å². The molecule has 0 bridgehead atoms. The molecule has 0 fully saturated rings. The van der Waals surface area contributed by atoms with Gasteiger partial charge in [0.15, 0.2) is 0 Å². The summed E-state index contributed by atoms with van der Waals surface area (Å²) in [5.41, 5.74) is 1.14. The summed E-state index contributed by atoms with van der Waals surface area (Å²) in [7, 11) is 0. The monoisotopic (exact) mass is 191 g/mol. The van der Waals surface area contributed by atoms with Crippen LogP contribution >= 0.6 is 0 Å².